The Balaban J connectivity index is 2.02. The number of anilines is 1. The lowest BCUT2D eigenvalue weighted by Crippen LogP contribution is -2.43. The summed E-state index contributed by atoms with van der Waals surface area (Å²) in [6, 6.07) is 7.68. The zero-order valence-corrected chi connectivity index (χ0v) is 13.1. The molecule has 1 aliphatic rings. The Morgan fingerprint density at radius 3 is 2.65 bits per heavy atom. The summed E-state index contributed by atoms with van der Waals surface area (Å²) in [5, 5.41) is 3.00. The van der Waals surface area contributed by atoms with Gasteiger partial charge in [-0.1, -0.05) is 34.8 Å². The molecule has 0 saturated heterocycles. The lowest BCUT2D eigenvalue weighted by Gasteiger charge is -2.22. The molecule has 0 bridgehead atoms. The smallest absolute Gasteiger partial charge is 0.240 e. The highest BCUT2D eigenvalue weighted by Crippen LogP contribution is 2.21. The molecule has 1 aromatic carbocycles. The standard InChI is InChI=1S/C15H19BrN2O2/c1-11(19)18(14-8-4-5-12(16)9-14)10-15(20)17-13-6-2-3-7-13/h4-5,8-9,13H,2-3,6-7,10H2,1H3,(H,17,20). The molecule has 2 amide bonds. The molecule has 0 unspecified atom stereocenters. The Morgan fingerprint density at radius 2 is 2.05 bits per heavy atom. The molecule has 1 aliphatic carbocycles. The fourth-order valence-corrected chi connectivity index (χ4v) is 2.90. The second kappa shape index (κ2) is 6.88. The average molecular weight is 339 g/mol. The van der Waals surface area contributed by atoms with Gasteiger partial charge in [0.2, 0.25) is 11.8 Å². The largest absolute Gasteiger partial charge is 0.352 e. The van der Waals surface area contributed by atoms with Gasteiger partial charge in [-0.3, -0.25) is 9.59 Å². The number of nitrogens with one attached hydrogen (secondary N) is 1. The fraction of sp³-hybridized carbons (Fsp3) is 0.467. The number of benzene rings is 1. The van der Waals surface area contributed by atoms with Gasteiger partial charge in [0.05, 0.1) is 0 Å². The third kappa shape index (κ3) is 4.07. The van der Waals surface area contributed by atoms with Gasteiger partial charge in [-0.15, -0.1) is 0 Å². The summed E-state index contributed by atoms with van der Waals surface area (Å²) in [4.78, 5) is 25.3. The summed E-state index contributed by atoms with van der Waals surface area (Å²) >= 11 is 3.38. The Kier molecular flexibility index (Phi) is 5.17. The maximum atomic E-state index is 12.1. The van der Waals surface area contributed by atoms with Crippen LogP contribution in [0.15, 0.2) is 28.7 Å². The predicted molar refractivity (Wildman–Crippen MR) is 82.6 cm³/mol. The highest BCUT2D eigenvalue weighted by Gasteiger charge is 2.20. The van der Waals surface area contributed by atoms with E-state index in [1.807, 2.05) is 24.3 Å². The van der Waals surface area contributed by atoms with E-state index in [9.17, 15) is 9.59 Å². The minimum Gasteiger partial charge on any atom is -0.352 e. The van der Waals surface area contributed by atoms with Gasteiger partial charge in [0.15, 0.2) is 0 Å². The van der Waals surface area contributed by atoms with Crippen LogP contribution < -0.4 is 10.2 Å². The van der Waals surface area contributed by atoms with E-state index in [1.165, 1.54) is 24.7 Å². The van der Waals surface area contributed by atoms with Crippen molar-refractivity contribution in [2.75, 3.05) is 11.4 Å². The van der Waals surface area contributed by atoms with E-state index in [1.54, 1.807) is 0 Å². The Bertz CT molecular complexity index is 498. The summed E-state index contributed by atoms with van der Waals surface area (Å²) in [5.74, 6) is -0.225. The predicted octanol–water partition coefficient (Wildman–Crippen LogP) is 2.86. The third-order valence-electron chi connectivity index (χ3n) is 3.52. The molecule has 0 aliphatic heterocycles. The van der Waals surface area contributed by atoms with Crippen LogP contribution in [0, 0.1) is 0 Å². The zero-order chi connectivity index (χ0) is 14.5. The molecular formula is C15H19BrN2O2. The van der Waals surface area contributed by atoms with Crippen LogP contribution in [0.3, 0.4) is 0 Å². The van der Waals surface area contributed by atoms with Gasteiger partial charge in [-0.25, -0.2) is 0 Å². The lowest BCUT2D eigenvalue weighted by molar-refractivity contribution is -0.123. The lowest BCUT2D eigenvalue weighted by atomic mass is 10.2. The van der Waals surface area contributed by atoms with Crippen molar-refractivity contribution in [3.63, 3.8) is 0 Å². The minimum atomic E-state index is -0.135. The Labute approximate surface area is 127 Å². The van der Waals surface area contributed by atoms with Crippen molar-refractivity contribution >= 4 is 33.4 Å². The number of hydrogen-bond acceptors (Lipinski definition) is 2. The summed E-state index contributed by atoms with van der Waals surface area (Å²) < 4.78 is 0.887. The molecule has 0 heterocycles. The molecule has 0 aromatic heterocycles. The molecule has 4 nitrogen and oxygen atoms in total. The second-order valence-corrected chi connectivity index (χ2v) is 6.05. The topological polar surface area (TPSA) is 49.4 Å². The van der Waals surface area contributed by atoms with E-state index in [0.29, 0.717) is 0 Å². The first-order valence-electron chi connectivity index (χ1n) is 6.89. The molecule has 2 rings (SSSR count). The Hall–Kier alpha value is -1.36. The van der Waals surface area contributed by atoms with Crippen LogP contribution >= 0.6 is 15.9 Å². The summed E-state index contributed by atoms with van der Waals surface area (Å²) in [6.45, 7) is 1.55. The molecule has 5 heteroatoms. The number of nitrogens with zero attached hydrogens (tertiary/aromatic N) is 1. The van der Waals surface area contributed by atoms with Crippen molar-refractivity contribution in [1.29, 1.82) is 0 Å². The van der Waals surface area contributed by atoms with Crippen molar-refractivity contribution in [3.05, 3.63) is 28.7 Å². The number of amides is 2. The maximum absolute atomic E-state index is 12.1. The van der Waals surface area contributed by atoms with Crippen LogP contribution in [0.4, 0.5) is 5.69 Å². The van der Waals surface area contributed by atoms with E-state index in [2.05, 4.69) is 21.2 Å². The quantitative estimate of drug-likeness (QED) is 0.917. The number of halogens is 1. The SMILES string of the molecule is CC(=O)N(CC(=O)NC1CCCC1)c1cccc(Br)c1. The van der Waals surface area contributed by atoms with E-state index in [4.69, 9.17) is 0 Å². The van der Waals surface area contributed by atoms with Crippen molar-refractivity contribution in [1.82, 2.24) is 5.32 Å². The third-order valence-corrected chi connectivity index (χ3v) is 4.02. The highest BCUT2D eigenvalue weighted by molar-refractivity contribution is 9.10. The molecule has 0 spiro atoms. The van der Waals surface area contributed by atoms with E-state index in [0.717, 1.165) is 23.0 Å². The van der Waals surface area contributed by atoms with Crippen molar-refractivity contribution in [3.8, 4) is 0 Å². The van der Waals surface area contributed by atoms with Gasteiger partial charge in [0, 0.05) is 23.1 Å². The summed E-state index contributed by atoms with van der Waals surface area (Å²) in [6.07, 6.45) is 4.44. The number of carbonyl (C=O) groups excluding carboxylic acids is 2. The average Bonchev–Trinajstić information content (AvgIpc) is 2.88. The maximum Gasteiger partial charge on any atom is 0.240 e. The van der Waals surface area contributed by atoms with Gasteiger partial charge in [0.1, 0.15) is 6.54 Å². The molecular weight excluding hydrogens is 320 g/mol. The molecule has 1 saturated carbocycles. The van der Waals surface area contributed by atoms with Crippen LogP contribution in [-0.2, 0) is 9.59 Å². The van der Waals surface area contributed by atoms with E-state index < -0.39 is 0 Å². The zero-order valence-electron chi connectivity index (χ0n) is 11.6. The van der Waals surface area contributed by atoms with Gasteiger partial charge in [0.25, 0.3) is 0 Å². The van der Waals surface area contributed by atoms with Crippen LogP contribution in [-0.4, -0.2) is 24.4 Å². The van der Waals surface area contributed by atoms with Gasteiger partial charge >= 0.3 is 0 Å². The first-order chi connectivity index (χ1) is 9.56. The monoisotopic (exact) mass is 338 g/mol. The molecule has 1 fully saturated rings. The highest BCUT2D eigenvalue weighted by atomic mass is 79.9. The molecule has 108 valence electrons. The normalized spacial score (nSPS) is 15.1. The molecule has 20 heavy (non-hydrogen) atoms. The van der Waals surface area contributed by atoms with Gasteiger partial charge in [-0.2, -0.15) is 0 Å². The molecule has 0 atom stereocenters. The van der Waals surface area contributed by atoms with E-state index >= 15 is 0 Å². The van der Waals surface area contributed by atoms with Crippen LogP contribution in [0.1, 0.15) is 32.6 Å². The molecule has 0 radical (unpaired) electrons. The first-order valence-corrected chi connectivity index (χ1v) is 7.68. The van der Waals surface area contributed by atoms with Crippen LogP contribution in [0.25, 0.3) is 0 Å². The fourth-order valence-electron chi connectivity index (χ4n) is 2.52. The molecule has 1 aromatic rings. The van der Waals surface area contributed by atoms with Crippen molar-refractivity contribution in [2.24, 2.45) is 0 Å². The number of rotatable bonds is 4. The number of carbonyl (C=O) groups is 2. The van der Waals surface area contributed by atoms with Crippen molar-refractivity contribution in [2.45, 2.75) is 38.6 Å². The van der Waals surface area contributed by atoms with Gasteiger partial charge < -0.3 is 10.2 Å². The molecule has 1 N–H and O–H groups in total. The minimum absolute atomic E-state index is 0.0717. The van der Waals surface area contributed by atoms with E-state index in [-0.39, 0.29) is 24.4 Å². The van der Waals surface area contributed by atoms with Crippen molar-refractivity contribution < 1.29 is 9.59 Å². The van der Waals surface area contributed by atoms with Crippen LogP contribution in [0.2, 0.25) is 0 Å². The first kappa shape index (κ1) is 15.0. The Morgan fingerprint density at radius 1 is 1.35 bits per heavy atom. The summed E-state index contributed by atoms with van der Waals surface area (Å²) in [7, 11) is 0. The summed E-state index contributed by atoms with van der Waals surface area (Å²) in [5.41, 5.74) is 0.730. The van der Waals surface area contributed by atoms with Crippen LogP contribution in [0.5, 0.6) is 0 Å². The van der Waals surface area contributed by atoms with Gasteiger partial charge in [-0.05, 0) is 31.0 Å². The number of hydrogen-bond donors (Lipinski definition) is 1. The second-order valence-electron chi connectivity index (χ2n) is 5.13.